The van der Waals surface area contributed by atoms with Gasteiger partial charge in [0.05, 0.1) is 12.4 Å². The average Bonchev–Trinajstić information content (AvgIpc) is 2.79. The summed E-state index contributed by atoms with van der Waals surface area (Å²) >= 11 is 0. The summed E-state index contributed by atoms with van der Waals surface area (Å²) in [5.74, 6) is 1.11. The lowest BCUT2D eigenvalue weighted by Gasteiger charge is -2.33. The first kappa shape index (κ1) is 8.29. The zero-order valence-corrected chi connectivity index (χ0v) is 8.29. The summed E-state index contributed by atoms with van der Waals surface area (Å²) in [6.07, 6.45) is 5.62. The molecule has 0 amide bonds. The van der Waals surface area contributed by atoms with Gasteiger partial charge in [-0.2, -0.15) is 0 Å². The maximum Gasteiger partial charge on any atom is 0.146 e. The van der Waals surface area contributed by atoms with E-state index < -0.39 is 0 Å². The summed E-state index contributed by atoms with van der Waals surface area (Å²) in [6, 6.07) is 0.672. The lowest BCUT2D eigenvalue weighted by atomic mass is 10.1. The van der Waals surface area contributed by atoms with Gasteiger partial charge in [-0.3, -0.25) is 0 Å². The second kappa shape index (κ2) is 3.28. The van der Waals surface area contributed by atoms with Crippen LogP contribution in [0.3, 0.4) is 0 Å². The van der Waals surface area contributed by atoms with Gasteiger partial charge in [0.2, 0.25) is 0 Å². The van der Waals surface area contributed by atoms with Crippen molar-refractivity contribution in [3.63, 3.8) is 0 Å². The van der Waals surface area contributed by atoms with Gasteiger partial charge in [0.25, 0.3) is 0 Å². The molecule has 2 N–H and O–H groups in total. The molecule has 0 spiro atoms. The quantitative estimate of drug-likeness (QED) is 0.625. The highest BCUT2D eigenvalue weighted by Gasteiger charge is 2.30. The molecule has 0 aromatic carbocycles. The topological polar surface area (TPSA) is 39.7 Å². The maximum atomic E-state index is 4.32. The van der Waals surface area contributed by atoms with Crippen LogP contribution in [-0.4, -0.2) is 36.9 Å². The first-order chi connectivity index (χ1) is 6.95. The molecule has 4 nitrogen and oxygen atoms in total. The Morgan fingerprint density at radius 2 is 2.50 bits per heavy atom. The summed E-state index contributed by atoms with van der Waals surface area (Å²) < 4.78 is 0. The van der Waals surface area contributed by atoms with Gasteiger partial charge in [-0.05, 0) is 19.4 Å². The van der Waals surface area contributed by atoms with E-state index in [2.05, 4.69) is 20.5 Å². The van der Waals surface area contributed by atoms with Crippen molar-refractivity contribution in [1.82, 2.24) is 15.5 Å². The van der Waals surface area contributed by atoms with Crippen molar-refractivity contribution >= 4 is 6.21 Å². The molecule has 4 heteroatoms. The maximum absolute atomic E-state index is 4.32. The molecule has 0 unspecified atom stereocenters. The van der Waals surface area contributed by atoms with Crippen LogP contribution >= 0.6 is 0 Å². The third-order valence-electron chi connectivity index (χ3n) is 3.25. The Morgan fingerprint density at radius 1 is 1.50 bits per heavy atom. The average molecular weight is 192 g/mol. The van der Waals surface area contributed by atoms with E-state index in [1.165, 1.54) is 25.1 Å². The van der Waals surface area contributed by atoms with Crippen LogP contribution in [0.15, 0.2) is 16.5 Å². The van der Waals surface area contributed by atoms with Crippen LogP contribution in [0.1, 0.15) is 19.3 Å². The number of hydrogen-bond acceptors (Lipinski definition) is 4. The van der Waals surface area contributed by atoms with Crippen molar-refractivity contribution in [1.29, 1.82) is 0 Å². The molecular weight excluding hydrogens is 176 g/mol. The normalized spacial score (nSPS) is 30.9. The molecule has 14 heavy (non-hydrogen) atoms. The molecule has 3 rings (SSSR count). The minimum Gasteiger partial charge on any atom is -0.351 e. The van der Waals surface area contributed by atoms with E-state index in [0.29, 0.717) is 6.04 Å². The van der Waals surface area contributed by atoms with Crippen molar-refractivity contribution in [2.75, 3.05) is 19.8 Å². The molecule has 0 saturated carbocycles. The third-order valence-corrected chi connectivity index (χ3v) is 3.25. The zero-order valence-electron chi connectivity index (χ0n) is 8.29. The molecule has 0 bridgehead atoms. The van der Waals surface area contributed by atoms with Crippen molar-refractivity contribution < 1.29 is 0 Å². The third kappa shape index (κ3) is 1.21. The highest BCUT2D eigenvalue weighted by Crippen LogP contribution is 2.27. The SMILES string of the molecule is C1=NC2=C(C1)N([C@@H]1CCCNC1)CN2. The van der Waals surface area contributed by atoms with Crippen LogP contribution in [0.2, 0.25) is 0 Å². The Morgan fingerprint density at radius 3 is 3.36 bits per heavy atom. The predicted molar refractivity (Wildman–Crippen MR) is 55.9 cm³/mol. The minimum absolute atomic E-state index is 0.672. The van der Waals surface area contributed by atoms with Gasteiger partial charge in [-0.1, -0.05) is 0 Å². The molecule has 3 aliphatic heterocycles. The van der Waals surface area contributed by atoms with Gasteiger partial charge >= 0.3 is 0 Å². The Kier molecular flexibility index (Phi) is 1.94. The fourth-order valence-corrected chi connectivity index (χ4v) is 2.50. The van der Waals surface area contributed by atoms with E-state index in [-0.39, 0.29) is 0 Å². The second-order valence-corrected chi connectivity index (χ2v) is 4.12. The number of hydrogen-bond donors (Lipinski definition) is 2. The van der Waals surface area contributed by atoms with E-state index in [9.17, 15) is 0 Å². The summed E-state index contributed by atoms with van der Waals surface area (Å²) in [4.78, 5) is 6.80. The smallest absolute Gasteiger partial charge is 0.146 e. The van der Waals surface area contributed by atoms with Gasteiger partial charge in [0.1, 0.15) is 5.82 Å². The summed E-state index contributed by atoms with van der Waals surface area (Å²) in [6.45, 7) is 3.26. The van der Waals surface area contributed by atoms with Crippen LogP contribution in [-0.2, 0) is 0 Å². The Balaban J connectivity index is 1.74. The second-order valence-electron chi connectivity index (χ2n) is 4.12. The molecule has 1 atom stereocenters. The Labute approximate surface area is 84.1 Å². The van der Waals surface area contributed by atoms with Crippen LogP contribution < -0.4 is 10.6 Å². The minimum atomic E-state index is 0.672. The van der Waals surface area contributed by atoms with E-state index in [1.807, 2.05) is 6.21 Å². The lowest BCUT2D eigenvalue weighted by molar-refractivity contribution is 0.220. The molecule has 3 heterocycles. The molecule has 1 fully saturated rings. The number of nitrogens with one attached hydrogen (secondary N) is 2. The van der Waals surface area contributed by atoms with Crippen molar-refractivity contribution in [2.45, 2.75) is 25.3 Å². The summed E-state index contributed by atoms with van der Waals surface area (Å²) in [5, 5.41) is 6.80. The van der Waals surface area contributed by atoms with E-state index in [1.54, 1.807) is 0 Å². The summed E-state index contributed by atoms with van der Waals surface area (Å²) in [7, 11) is 0. The van der Waals surface area contributed by atoms with Crippen LogP contribution in [0.25, 0.3) is 0 Å². The monoisotopic (exact) mass is 192 g/mol. The number of aliphatic imine (C=N–C) groups is 1. The molecule has 3 aliphatic rings. The Bertz CT molecular complexity index is 288. The first-order valence-corrected chi connectivity index (χ1v) is 5.42. The fraction of sp³-hybridized carbons (Fsp3) is 0.700. The number of piperidine rings is 1. The highest BCUT2D eigenvalue weighted by molar-refractivity contribution is 5.67. The lowest BCUT2D eigenvalue weighted by Crippen LogP contribution is -2.45. The van der Waals surface area contributed by atoms with Gasteiger partial charge in [-0.25, -0.2) is 4.99 Å². The number of allylic oxidation sites excluding steroid dienone is 1. The zero-order chi connectivity index (χ0) is 9.38. The van der Waals surface area contributed by atoms with Gasteiger partial charge in [0.15, 0.2) is 0 Å². The van der Waals surface area contributed by atoms with Crippen LogP contribution in [0, 0.1) is 0 Å². The van der Waals surface area contributed by atoms with E-state index in [4.69, 9.17) is 0 Å². The van der Waals surface area contributed by atoms with Gasteiger partial charge in [0, 0.05) is 25.2 Å². The fourth-order valence-electron chi connectivity index (χ4n) is 2.50. The predicted octanol–water partition coefficient (Wildman–Crippen LogP) is 0.245. The van der Waals surface area contributed by atoms with E-state index in [0.717, 1.165) is 25.5 Å². The Hall–Kier alpha value is -1.03. The molecule has 0 aromatic heterocycles. The van der Waals surface area contributed by atoms with Gasteiger partial charge < -0.3 is 15.5 Å². The highest BCUT2D eigenvalue weighted by atomic mass is 15.4. The van der Waals surface area contributed by atoms with Crippen molar-refractivity contribution in [3.05, 3.63) is 11.5 Å². The van der Waals surface area contributed by atoms with Gasteiger partial charge in [-0.15, -0.1) is 0 Å². The van der Waals surface area contributed by atoms with Crippen molar-refractivity contribution in [3.8, 4) is 0 Å². The molecule has 76 valence electrons. The van der Waals surface area contributed by atoms with Crippen LogP contribution in [0.5, 0.6) is 0 Å². The number of rotatable bonds is 1. The largest absolute Gasteiger partial charge is 0.351 e. The molecule has 0 aliphatic carbocycles. The number of nitrogens with zero attached hydrogens (tertiary/aromatic N) is 2. The molecular formula is C10H16N4. The first-order valence-electron chi connectivity index (χ1n) is 5.42. The van der Waals surface area contributed by atoms with E-state index >= 15 is 0 Å². The summed E-state index contributed by atoms with van der Waals surface area (Å²) in [5.41, 5.74) is 1.40. The molecule has 1 saturated heterocycles. The molecule has 0 aromatic rings. The standard InChI is InChI=1S/C10H16N4/c1-2-8(6-11-4-1)14-7-13-10-9(14)3-5-12-10/h5,8,11,13H,1-4,6-7H2/t8-/m1/s1. The van der Waals surface area contributed by atoms with Crippen molar-refractivity contribution in [2.24, 2.45) is 4.99 Å². The van der Waals surface area contributed by atoms with Crippen LogP contribution in [0.4, 0.5) is 0 Å². The molecule has 0 radical (unpaired) electrons.